The molecule has 0 aliphatic carbocycles. The van der Waals surface area contributed by atoms with E-state index in [2.05, 4.69) is 44.2 Å². The third kappa shape index (κ3) is 12.3. The predicted molar refractivity (Wildman–Crippen MR) is 115 cm³/mol. The average molecular weight is 359 g/mol. The van der Waals surface area contributed by atoms with E-state index in [0.717, 1.165) is 25.7 Å². The summed E-state index contributed by atoms with van der Waals surface area (Å²) in [5, 5.41) is 0. The lowest BCUT2D eigenvalue weighted by molar-refractivity contribution is -0.120. The molecule has 0 aliphatic rings. The molecular formula is C25H42O. The molecule has 0 fully saturated rings. The lowest BCUT2D eigenvalue weighted by Gasteiger charge is -2.16. The summed E-state index contributed by atoms with van der Waals surface area (Å²) in [4.78, 5) is 12.5. The van der Waals surface area contributed by atoms with Crippen LogP contribution in [0.1, 0.15) is 109 Å². The highest BCUT2D eigenvalue weighted by Gasteiger charge is 2.14. The van der Waals surface area contributed by atoms with Crippen molar-refractivity contribution in [1.29, 1.82) is 0 Å². The van der Waals surface area contributed by atoms with Crippen molar-refractivity contribution < 1.29 is 4.79 Å². The summed E-state index contributed by atoms with van der Waals surface area (Å²) in [7, 11) is 0. The van der Waals surface area contributed by atoms with Crippen molar-refractivity contribution in [3.8, 4) is 0 Å². The number of benzene rings is 1. The van der Waals surface area contributed by atoms with Gasteiger partial charge in [0.05, 0.1) is 0 Å². The van der Waals surface area contributed by atoms with Gasteiger partial charge in [0.1, 0.15) is 5.78 Å². The highest BCUT2D eigenvalue weighted by atomic mass is 16.1. The van der Waals surface area contributed by atoms with Gasteiger partial charge in [0, 0.05) is 12.8 Å². The van der Waals surface area contributed by atoms with Crippen LogP contribution in [0.4, 0.5) is 0 Å². The molecule has 0 heterocycles. The van der Waals surface area contributed by atoms with Crippen LogP contribution in [0.25, 0.3) is 0 Å². The van der Waals surface area contributed by atoms with Crippen molar-refractivity contribution in [3.05, 3.63) is 35.9 Å². The summed E-state index contributed by atoms with van der Waals surface area (Å²) in [6.07, 6.45) is 18.1. The molecule has 0 amide bonds. The van der Waals surface area contributed by atoms with Gasteiger partial charge < -0.3 is 0 Å². The molecule has 1 aromatic carbocycles. The van der Waals surface area contributed by atoms with Crippen LogP contribution in [0, 0.1) is 5.92 Å². The van der Waals surface area contributed by atoms with Crippen molar-refractivity contribution in [2.24, 2.45) is 5.92 Å². The van der Waals surface area contributed by atoms with Gasteiger partial charge in [0.25, 0.3) is 0 Å². The summed E-state index contributed by atoms with van der Waals surface area (Å²) in [5.74, 6) is 1.03. The van der Waals surface area contributed by atoms with Gasteiger partial charge in [-0.3, -0.25) is 4.79 Å². The number of hydrogen-bond donors (Lipinski definition) is 0. The van der Waals surface area contributed by atoms with E-state index >= 15 is 0 Å². The van der Waals surface area contributed by atoms with Crippen molar-refractivity contribution >= 4 is 5.78 Å². The molecule has 26 heavy (non-hydrogen) atoms. The maximum Gasteiger partial charge on any atom is 0.133 e. The summed E-state index contributed by atoms with van der Waals surface area (Å²) >= 11 is 0. The van der Waals surface area contributed by atoms with Gasteiger partial charge >= 0.3 is 0 Å². The molecule has 148 valence electrons. The van der Waals surface area contributed by atoms with E-state index in [1.807, 2.05) is 0 Å². The molecule has 1 rings (SSSR count). The maximum atomic E-state index is 12.5. The zero-order valence-electron chi connectivity index (χ0n) is 17.5. The number of hydrogen-bond acceptors (Lipinski definition) is 1. The molecule has 1 heteroatoms. The first-order chi connectivity index (χ1) is 12.8. The first-order valence-electron chi connectivity index (χ1n) is 11.3. The van der Waals surface area contributed by atoms with Crippen LogP contribution in [-0.2, 0) is 11.2 Å². The molecule has 0 radical (unpaired) electrons. The smallest absolute Gasteiger partial charge is 0.133 e. The first-order valence-corrected chi connectivity index (χ1v) is 11.3. The van der Waals surface area contributed by atoms with Crippen molar-refractivity contribution in [1.82, 2.24) is 0 Å². The van der Waals surface area contributed by atoms with E-state index in [1.54, 1.807) is 0 Å². The van der Waals surface area contributed by atoms with Crippen LogP contribution < -0.4 is 0 Å². The summed E-state index contributed by atoms with van der Waals surface area (Å²) in [6, 6.07) is 10.7. The van der Waals surface area contributed by atoms with E-state index in [0.29, 0.717) is 11.7 Å². The second-order valence-corrected chi connectivity index (χ2v) is 8.02. The van der Waals surface area contributed by atoms with Crippen LogP contribution in [-0.4, -0.2) is 5.78 Å². The molecule has 0 spiro atoms. The lowest BCUT2D eigenvalue weighted by Crippen LogP contribution is -2.11. The first kappa shape index (κ1) is 22.9. The van der Waals surface area contributed by atoms with Gasteiger partial charge in [0.15, 0.2) is 0 Å². The van der Waals surface area contributed by atoms with Gasteiger partial charge in [0.2, 0.25) is 0 Å². The minimum absolute atomic E-state index is 0.494. The molecular weight excluding hydrogens is 316 g/mol. The van der Waals surface area contributed by atoms with E-state index < -0.39 is 0 Å². The standard InChI is InChI=1S/C25H42O/c1-3-5-7-8-9-10-11-16-20-25(26)22-24(19-13-6-4-2)21-23-17-14-12-15-18-23/h12,14-15,17-18,24H,3-11,13,16,19-22H2,1-2H3. The van der Waals surface area contributed by atoms with Gasteiger partial charge in [-0.05, 0) is 30.7 Å². The number of Topliss-reactive ketones (excluding diaryl/α,β-unsaturated/α-hetero) is 1. The number of carbonyl (C=O) groups is 1. The van der Waals surface area contributed by atoms with Crippen LogP contribution in [0.3, 0.4) is 0 Å². The molecule has 0 saturated heterocycles. The average Bonchev–Trinajstić information content (AvgIpc) is 2.65. The minimum atomic E-state index is 0.494. The Kier molecular flexibility index (Phi) is 14.2. The molecule has 0 aliphatic heterocycles. The zero-order chi connectivity index (χ0) is 18.9. The second kappa shape index (κ2) is 16.1. The number of ketones is 1. The monoisotopic (exact) mass is 358 g/mol. The molecule has 1 unspecified atom stereocenters. The number of carbonyl (C=O) groups excluding carboxylic acids is 1. The molecule has 0 saturated carbocycles. The maximum absolute atomic E-state index is 12.5. The Morgan fingerprint density at radius 2 is 1.35 bits per heavy atom. The third-order valence-corrected chi connectivity index (χ3v) is 5.41. The van der Waals surface area contributed by atoms with Gasteiger partial charge in [-0.25, -0.2) is 0 Å². The van der Waals surface area contributed by atoms with E-state index in [4.69, 9.17) is 0 Å². The largest absolute Gasteiger partial charge is 0.300 e. The predicted octanol–water partition coefficient (Wildman–Crippen LogP) is 7.92. The molecule has 1 nitrogen and oxygen atoms in total. The fourth-order valence-electron chi connectivity index (χ4n) is 3.79. The number of unbranched alkanes of at least 4 members (excludes halogenated alkanes) is 9. The Labute approximate surface area is 163 Å². The fraction of sp³-hybridized carbons (Fsp3) is 0.720. The third-order valence-electron chi connectivity index (χ3n) is 5.41. The van der Waals surface area contributed by atoms with Crippen LogP contribution in [0.5, 0.6) is 0 Å². The van der Waals surface area contributed by atoms with Crippen LogP contribution in [0.2, 0.25) is 0 Å². The van der Waals surface area contributed by atoms with Crippen LogP contribution >= 0.6 is 0 Å². The highest BCUT2D eigenvalue weighted by Crippen LogP contribution is 2.21. The number of rotatable bonds is 17. The fourth-order valence-corrected chi connectivity index (χ4v) is 3.79. The molecule has 0 N–H and O–H groups in total. The minimum Gasteiger partial charge on any atom is -0.300 e. The van der Waals surface area contributed by atoms with Crippen molar-refractivity contribution in [2.45, 2.75) is 110 Å². The van der Waals surface area contributed by atoms with Gasteiger partial charge in [-0.2, -0.15) is 0 Å². The van der Waals surface area contributed by atoms with Gasteiger partial charge in [-0.15, -0.1) is 0 Å². The quantitative estimate of drug-likeness (QED) is 0.258. The highest BCUT2D eigenvalue weighted by molar-refractivity contribution is 5.78. The van der Waals surface area contributed by atoms with E-state index in [-0.39, 0.29) is 0 Å². The van der Waals surface area contributed by atoms with Crippen LogP contribution in [0.15, 0.2) is 30.3 Å². The Balaban J connectivity index is 2.24. The SMILES string of the molecule is CCCCCCCCCCC(=O)CC(CCCCC)Cc1ccccc1. The molecule has 1 aromatic rings. The topological polar surface area (TPSA) is 17.1 Å². The molecule has 1 atom stereocenters. The Morgan fingerprint density at radius 3 is 2.00 bits per heavy atom. The lowest BCUT2D eigenvalue weighted by atomic mass is 9.88. The van der Waals surface area contributed by atoms with Crippen molar-refractivity contribution in [3.63, 3.8) is 0 Å². The van der Waals surface area contributed by atoms with E-state index in [1.165, 1.54) is 76.2 Å². The molecule has 0 aromatic heterocycles. The van der Waals surface area contributed by atoms with Gasteiger partial charge in [-0.1, -0.05) is 108 Å². The summed E-state index contributed by atoms with van der Waals surface area (Å²) in [5.41, 5.74) is 1.38. The Bertz CT molecular complexity index is 437. The Morgan fingerprint density at radius 1 is 0.769 bits per heavy atom. The Hall–Kier alpha value is -1.11. The molecule has 0 bridgehead atoms. The normalized spacial score (nSPS) is 12.2. The van der Waals surface area contributed by atoms with Crippen molar-refractivity contribution in [2.75, 3.05) is 0 Å². The second-order valence-electron chi connectivity index (χ2n) is 8.02. The summed E-state index contributed by atoms with van der Waals surface area (Å²) < 4.78 is 0. The summed E-state index contributed by atoms with van der Waals surface area (Å²) in [6.45, 7) is 4.51. The van der Waals surface area contributed by atoms with E-state index in [9.17, 15) is 4.79 Å². The zero-order valence-corrected chi connectivity index (χ0v) is 17.5.